The van der Waals surface area contributed by atoms with Gasteiger partial charge in [-0.05, 0) is 42.0 Å². The molecule has 0 aliphatic carbocycles. The predicted molar refractivity (Wildman–Crippen MR) is 101 cm³/mol. The third kappa shape index (κ3) is 3.32. The first-order valence-electron chi connectivity index (χ1n) is 7.91. The number of hydrogen-bond acceptors (Lipinski definition) is 4. The van der Waals surface area contributed by atoms with Crippen molar-refractivity contribution in [1.82, 2.24) is 15.0 Å². The summed E-state index contributed by atoms with van der Waals surface area (Å²) < 4.78 is 13.3. The van der Waals surface area contributed by atoms with Gasteiger partial charge in [0, 0.05) is 11.4 Å². The Bertz CT molecular complexity index is 1160. The second kappa shape index (κ2) is 6.69. The van der Waals surface area contributed by atoms with E-state index in [9.17, 15) is 9.18 Å². The van der Waals surface area contributed by atoms with Crippen molar-refractivity contribution < 1.29 is 14.3 Å². The van der Waals surface area contributed by atoms with Crippen molar-refractivity contribution >= 4 is 40.1 Å². The van der Waals surface area contributed by atoms with Crippen molar-refractivity contribution in [3.63, 3.8) is 0 Å². The number of nitrogens with zero attached hydrogens (tertiary/aromatic N) is 2. The second-order valence-corrected chi connectivity index (χ2v) is 6.21. The summed E-state index contributed by atoms with van der Waals surface area (Å²) >= 11 is 5.82. The van der Waals surface area contributed by atoms with Gasteiger partial charge in [0.15, 0.2) is 0 Å². The molecule has 2 aromatic carbocycles. The lowest BCUT2D eigenvalue weighted by molar-refractivity contribution is 0.0697. The number of H-pyrrole nitrogens is 1. The molecule has 0 spiro atoms. The number of hydrogen-bond donors (Lipinski definition) is 3. The van der Waals surface area contributed by atoms with E-state index in [-0.39, 0.29) is 10.6 Å². The molecule has 0 bridgehead atoms. The Balaban J connectivity index is 1.71. The van der Waals surface area contributed by atoms with Crippen LogP contribution in [0.15, 0.2) is 54.9 Å². The molecule has 0 saturated heterocycles. The Kier molecular flexibility index (Phi) is 4.21. The number of aromatic amines is 1. The first kappa shape index (κ1) is 17.0. The summed E-state index contributed by atoms with van der Waals surface area (Å²) in [5.41, 5.74) is 2.99. The van der Waals surface area contributed by atoms with Crippen LogP contribution in [0.5, 0.6) is 0 Å². The van der Waals surface area contributed by atoms with E-state index in [1.165, 1.54) is 30.6 Å². The van der Waals surface area contributed by atoms with Gasteiger partial charge in [-0.15, -0.1) is 0 Å². The molecule has 0 fully saturated rings. The van der Waals surface area contributed by atoms with Gasteiger partial charge in [-0.2, -0.15) is 0 Å². The highest BCUT2D eigenvalue weighted by Crippen LogP contribution is 2.29. The fourth-order valence-corrected chi connectivity index (χ4v) is 2.88. The van der Waals surface area contributed by atoms with Crippen molar-refractivity contribution in [3.8, 4) is 11.3 Å². The number of fused-ring (bicyclic) bond motifs is 1. The fourth-order valence-electron chi connectivity index (χ4n) is 2.70. The maximum absolute atomic E-state index is 13.3. The van der Waals surface area contributed by atoms with Crippen molar-refractivity contribution in [2.75, 3.05) is 5.32 Å². The van der Waals surface area contributed by atoms with Gasteiger partial charge >= 0.3 is 5.97 Å². The molecular weight excluding hydrogens is 371 g/mol. The highest BCUT2D eigenvalue weighted by Gasteiger charge is 2.11. The van der Waals surface area contributed by atoms with E-state index in [1.807, 2.05) is 6.07 Å². The van der Waals surface area contributed by atoms with Crippen LogP contribution in [0.3, 0.4) is 0 Å². The smallest absolute Gasteiger partial charge is 0.335 e. The summed E-state index contributed by atoms with van der Waals surface area (Å²) in [5, 5.41) is 12.9. The van der Waals surface area contributed by atoms with E-state index >= 15 is 0 Å². The van der Waals surface area contributed by atoms with Gasteiger partial charge in [0.05, 0.1) is 16.0 Å². The lowest BCUT2D eigenvalue weighted by Crippen LogP contribution is -1.95. The Morgan fingerprint density at radius 3 is 2.59 bits per heavy atom. The van der Waals surface area contributed by atoms with Crippen LogP contribution in [0.4, 0.5) is 15.9 Å². The van der Waals surface area contributed by atoms with Gasteiger partial charge in [-0.3, -0.25) is 0 Å². The fraction of sp³-hybridized carbons (Fsp3) is 0. The minimum absolute atomic E-state index is 0.0126. The number of carboxylic acids is 1. The van der Waals surface area contributed by atoms with Crippen molar-refractivity contribution in [1.29, 1.82) is 0 Å². The maximum atomic E-state index is 13.3. The lowest BCUT2D eigenvalue weighted by atomic mass is 10.1. The third-order valence-corrected chi connectivity index (χ3v) is 4.34. The van der Waals surface area contributed by atoms with Crippen LogP contribution in [0.1, 0.15) is 10.4 Å². The van der Waals surface area contributed by atoms with E-state index in [2.05, 4.69) is 20.3 Å². The van der Waals surface area contributed by atoms with Crippen molar-refractivity contribution in [2.24, 2.45) is 0 Å². The molecule has 0 saturated carbocycles. The quantitative estimate of drug-likeness (QED) is 0.469. The minimum Gasteiger partial charge on any atom is -0.478 e. The van der Waals surface area contributed by atoms with Gasteiger partial charge in [0.1, 0.15) is 23.6 Å². The number of nitrogens with one attached hydrogen (secondary N) is 2. The zero-order valence-electron chi connectivity index (χ0n) is 13.7. The Morgan fingerprint density at radius 2 is 1.89 bits per heavy atom. The zero-order valence-corrected chi connectivity index (χ0v) is 14.5. The number of carbonyl (C=O) groups is 1. The molecular formula is C19H12ClFN4O2. The van der Waals surface area contributed by atoms with E-state index in [4.69, 9.17) is 16.7 Å². The van der Waals surface area contributed by atoms with Gasteiger partial charge in [0.2, 0.25) is 0 Å². The molecule has 4 rings (SSSR count). The van der Waals surface area contributed by atoms with E-state index in [0.717, 1.165) is 16.6 Å². The van der Waals surface area contributed by atoms with Crippen LogP contribution in [-0.2, 0) is 0 Å². The number of anilines is 2. The number of carboxylic acid groups (broad SMARTS) is 1. The van der Waals surface area contributed by atoms with Gasteiger partial charge in [-0.25, -0.2) is 19.2 Å². The summed E-state index contributed by atoms with van der Waals surface area (Å²) in [7, 11) is 0. The van der Waals surface area contributed by atoms with Crippen molar-refractivity contribution in [3.05, 3.63) is 71.3 Å². The van der Waals surface area contributed by atoms with Crippen molar-refractivity contribution in [2.45, 2.75) is 0 Å². The summed E-state index contributed by atoms with van der Waals surface area (Å²) in [4.78, 5) is 22.6. The summed E-state index contributed by atoms with van der Waals surface area (Å²) in [6.07, 6.45) is 1.41. The number of halogens is 2. The average Bonchev–Trinajstić information content (AvgIpc) is 3.10. The molecule has 0 amide bonds. The molecule has 8 heteroatoms. The molecule has 0 aliphatic rings. The molecule has 134 valence electrons. The molecule has 4 aromatic rings. The van der Waals surface area contributed by atoms with Gasteiger partial charge in [-0.1, -0.05) is 23.7 Å². The first-order chi connectivity index (χ1) is 13.0. The van der Waals surface area contributed by atoms with Crippen LogP contribution in [-0.4, -0.2) is 26.0 Å². The second-order valence-electron chi connectivity index (χ2n) is 5.80. The number of rotatable bonds is 4. The molecule has 2 heterocycles. The SMILES string of the molecule is O=C(O)c1ccc(-c2cc3c(Nc4ccc(F)c(Cl)c4)ncnc3[nH]2)cc1. The van der Waals surface area contributed by atoms with Crippen LogP contribution >= 0.6 is 11.6 Å². The van der Waals surface area contributed by atoms with E-state index in [0.29, 0.717) is 17.2 Å². The summed E-state index contributed by atoms with van der Waals surface area (Å²) in [5.74, 6) is -0.940. The Morgan fingerprint density at radius 1 is 1.11 bits per heavy atom. The molecule has 2 aromatic heterocycles. The Hall–Kier alpha value is -3.45. The first-order valence-corrected chi connectivity index (χ1v) is 8.28. The number of benzene rings is 2. The molecule has 0 atom stereocenters. The standard InChI is InChI=1S/C19H12ClFN4O2/c20-14-7-12(5-6-15(14)21)24-17-13-8-16(25-18(13)23-9-22-17)10-1-3-11(4-2-10)19(26)27/h1-9H,(H,26,27)(H2,22,23,24,25). The van der Waals surface area contributed by atoms with Crippen LogP contribution in [0, 0.1) is 5.82 Å². The van der Waals surface area contributed by atoms with E-state index in [1.54, 1.807) is 18.2 Å². The highest BCUT2D eigenvalue weighted by molar-refractivity contribution is 6.31. The topological polar surface area (TPSA) is 90.9 Å². The molecule has 0 radical (unpaired) electrons. The molecule has 27 heavy (non-hydrogen) atoms. The maximum Gasteiger partial charge on any atom is 0.335 e. The summed E-state index contributed by atoms with van der Waals surface area (Å²) in [6, 6.07) is 12.7. The highest BCUT2D eigenvalue weighted by atomic mass is 35.5. The van der Waals surface area contributed by atoms with Crippen LogP contribution < -0.4 is 5.32 Å². The van der Waals surface area contributed by atoms with Gasteiger partial charge in [0.25, 0.3) is 0 Å². The zero-order chi connectivity index (χ0) is 19.0. The molecule has 0 aliphatic heterocycles. The summed E-state index contributed by atoms with van der Waals surface area (Å²) in [6.45, 7) is 0. The molecule has 0 unspecified atom stereocenters. The number of aromatic nitrogens is 3. The third-order valence-electron chi connectivity index (χ3n) is 4.05. The van der Waals surface area contributed by atoms with Crippen LogP contribution in [0.25, 0.3) is 22.3 Å². The average molecular weight is 383 g/mol. The van der Waals surface area contributed by atoms with Gasteiger partial charge < -0.3 is 15.4 Å². The monoisotopic (exact) mass is 382 g/mol. The van der Waals surface area contributed by atoms with Crippen LogP contribution in [0.2, 0.25) is 5.02 Å². The largest absolute Gasteiger partial charge is 0.478 e. The lowest BCUT2D eigenvalue weighted by Gasteiger charge is -2.06. The molecule has 3 N–H and O–H groups in total. The normalized spacial score (nSPS) is 10.9. The predicted octanol–water partition coefficient (Wildman–Crippen LogP) is 4.86. The number of aromatic carboxylic acids is 1. The minimum atomic E-state index is -0.978. The Labute approximate surface area is 157 Å². The van der Waals surface area contributed by atoms with E-state index < -0.39 is 11.8 Å². The molecule has 6 nitrogen and oxygen atoms in total.